The Hall–Kier alpha value is -0.520. The van der Waals surface area contributed by atoms with Crippen molar-refractivity contribution in [2.24, 2.45) is 5.73 Å². The SMILES string of the molecule is COc1cccc(Cl)c1CN1CCC(OC)CC1CN.Cl. The quantitative estimate of drug-likeness (QED) is 0.899. The lowest BCUT2D eigenvalue weighted by Gasteiger charge is -2.38. The largest absolute Gasteiger partial charge is 0.496 e. The summed E-state index contributed by atoms with van der Waals surface area (Å²) in [6.07, 6.45) is 2.31. The minimum Gasteiger partial charge on any atom is -0.496 e. The number of methoxy groups -OCH3 is 2. The van der Waals surface area contributed by atoms with Crippen molar-refractivity contribution in [1.82, 2.24) is 4.90 Å². The Morgan fingerprint density at radius 3 is 2.76 bits per heavy atom. The number of piperidine rings is 1. The van der Waals surface area contributed by atoms with Crippen LogP contribution in [0.1, 0.15) is 18.4 Å². The zero-order chi connectivity index (χ0) is 14.5. The van der Waals surface area contributed by atoms with Crippen LogP contribution in [-0.2, 0) is 11.3 Å². The van der Waals surface area contributed by atoms with Crippen molar-refractivity contribution in [3.63, 3.8) is 0 Å². The molecule has 0 aliphatic carbocycles. The zero-order valence-electron chi connectivity index (χ0n) is 12.5. The predicted molar refractivity (Wildman–Crippen MR) is 88.5 cm³/mol. The van der Waals surface area contributed by atoms with Crippen molar-refractivity contribution in [2.75, 3.05) is 27.3 Å². The van der Waals surface area contributed by atoms with Crippen molar-refractivity contribution in [3.8, 4) is 5.75 Å². The van der Waals surface area contributed by atoms with Crippen molar-refractivity contribution in [1.29, 1.82) is 0 Å². The van der Waals surface area contributed by atoms with Crippen molar-refractivity contribution >= 4 is 24.0 Å². The third-order valence-corrected chi connectivity index (χ3v) is 4.41. The molecular formula is C15H24Cl2N2O2. The number of halogens is 2. The van der Waals surface area contributed by atoms with E-state index in [4.69, 9.17) is 26.8 Å². The Morgan fingerprint density at radius 2 is 2.14 bits per heavy atom. The molecule has 21 heavy (non-hydrogen) atoms. The molecule has 1 aliphatic rings. The van der Waals surface area contributed by atoms with Crippen LogP contribution in [-0.4, -0.2) is 44.4 Å². The second-order valence-corrected chi connectivity index (χ2v) is 5.57. The molecule has 0 saturated carbocycles. The maximum Gasteiger partial charge on any atom is 0.124 e. The second kappa shape index (κ2) is 8.81. The molecule has 2 atom stereocenters. The summed E-state index contributed by atoms with van der Waals surface area (Å²) in [5, 5.41) is 0.744. The lowest BCUT2D eigenvalue weighted by Crippen LogP contribution is -2.48. The molecule has 2 N–H and O–H groups in total. The van der Waals surface area contributed by atoms with Gasteiger partial charge in [0.15, 0.2) is 0 Å². The molecule has 120 valence electrons. The fraction of sp³-hybridized carbons (Fsp3) is 0.600. The number of nitrogens with two attached hydrogens (primary N) is 1. The highest BCUT2D eigenvalue weighted by molar-refractivity contribution is 6.31. The molecular weight excluding hydrogens is 311 g/mol. The van der Waals surface area contributed by atoms with E-state index in [9.17, 15) is 0 Å². The molecule has 0 amide bonds. The molecule has 2 rings (SSSR count). The molecule has 1 fully saturated rings. The van der Waals surface area contributed by atoms with Gasteiger partial charge in [0.25, 0.3) is 0 Å². The number of hydrogen-bond donors (Lipinski definition) is 1. The monoisotopic (exact) mass is 334 g/mol. The Kier molecular flexibility index (Phi) is 7.77. The van der Waals surface area contributed by atoms with Crippen molar-refractivity contribution < 1.29 is 9.47 Å². The number of likely N-dealkylation sites (tertiary alicyclic amines) is 1. The molecule has 1 aromatic carbocycles. The van der Waals surface area contributed by atoms with Gasteiger partial charge in [-0.1, -0.05) is 17.7 Å². The second-order valence-electron chi connectivity index (χ2n) is 5.16. The van der Waals surface area contributed by atoms with E-state index >= 15 is 0 Å². The van der Waals surface area contributed by atoms with Crippen LogP contribution in [0.4, 0.5) is 0 Å². The summed E-state index contributed by atoms with van der Waals surface area (Å²) in [4.78, 5) is 2.37. The van der Waals surface area contributed by atoms with Gasteiger partial charge in [-0.3, -0.25) is 4.90 Å². The summed E-state index contributed by atoms with van der Waals surface area (Å²) < 4.78 is 10.9. The maximum absolute atomic E-state index is 6.31. The highest BCUT2D eigenvalue weighted by Crippen LogP contribution is 2.30. The summed E-state index contributed by atoms with van der Waals surface area (Å²) in [5.74, 6) is 0.835. The first-order chi connectivity index (χ1) is 9.69. The van der Waals surface area contributed by atoms with E-state index in [1.54, 1.807) is 14.2 Å². The van der Waals surface area contributed by atoms with E-state index in [2.05, 4.69) is 4.90 Å². The van der Waals surface area contributed by atoms with Gasteiger partial charge in [0.05, 0.1) is 13.2 Å². The standard InChI is InChI=1S/C15H23ClN2O2.ClH/c1-19-12-6-7-18(11(8-12)9-17)10-13-14(16)4-3-5-15(13)20-2;/h3-5,11-12H,6-10,17H2,1-2H3;1H. The van der Waals surface area contributed by atoms with Crippen molar-refractivity contribution in [3.05, 3.63) is 28.8 Å². The molecule has 0 aromatic heterocycles. The van der Waals surface area contributed by atoms with Gasteiger partial charge >= 0.3 is 0 Å². The highest BCUT2D eigenvalue weighted by atomic mass is 35.5. The van der Waals surface area contributed by atoms with Crippen molar-refractivity contribution in [2.45, 2.75) is 31.5 Å². The molecule has 1 saturated heterocycles. The fourth-order valence-electron chi connectivity index (χ4n) is 2.82. The van der Waals surface area contributed by atoms with Gasteiger partial charge in [0.2, 0.25) is 0 Å². The van der Waals surface area contributed by atoms with Crippen LogP contribution in [0.15, 0.2) is 18.2 Å². The molecule has 0 radical (unpaired) electrons. The van der Waals surface area contributed by atoms with E-state index in [-0.39, 0.29) is 12.4 Å². The lowest BCUT2D eigenvalue weighted by atomic mass is 9.98. The van der Waals surface area contributed by atoms with E-state index < -0.39 is 0 Å². The molecule has 2 unspecified atom stereocenters. The van der Waals surface area contributed by atoms with E-state index in [1.807, 2.05) is 18.2 Å². The van der Waals surface area contributed by atoms with Gasteiger partial charge in [-0.05, 0) is 25.0 Å². The molecule has 6 heteroatoms. The summed E-state index contributed by atoms with van der Waals surface area (Å²) >= 11 is 6.31. The van der Waals surface area contributed by atoms with Crippen LogP contribution in [0.2, 0.25) is 5.02 Å². The molecule has 0 bridgehead atoms. The highest BCUT2D eigenvalue weighted by Gasteiger charge is 2.28. The Morgan fingerprint density at radius 1 is 1.38 bits per heavy atom. The van der Waals surface area contributed by atoms with Gasteiger partial charge in [-0.2, -0.15) is 0 Å². The molecule has 0 spiro atoms. The average Bonchev–Trinajstić information content (AvgIpc) is 2.49. The van der Waals surface area contributed by atoms with Gasteiger partial charge in [-0.15, -0.1) is 12.4 Å². The maximum atomic E-state index is 6.31. The first-order valence-corrected chi connectivity index (χ1v) is 7.35. The number of benzene rings is 1. The minimum absolute atomic E-state index is 0. The van der Waals surface area contributed by atoms with Gasteiger partial charge < -0.3 is 15.2 Å². The van der Waals surface area contributed by atoms with Crippen LogP contribution in [0, 0.1) is 0 Å². The first-order valence-electron chi connectivity index (χ1n) is 6.97. The number of hydrogen-bond acceptors (Lipinski definition) is 4. The zero-order valence-corrected chi connectivity index (χ0v) is 14.1. The molecule has 4 nitrogen and oxygen atoms in total. The van der Waals surface area contributed by atoms with Gasteiger partial charge in [0, 0.05) is 43.4 Å². The third-order valence-electron chi connectivity index (χ3n) is 4.05. The Bertz CT molecular complexity index is 446. The summed E-state index contributed by atoms with van der Waals surface area (Å²) in [5.41, 5.74) is 6.94. The molecule has 1 heterocycles. The van der Waals surface area contributed by atoms with E-state index in [1.165, 1.54) is 0 Å². The summed E-state index contributed by atoms with van der Waals surface area (Å²) in [7, 11) is 3.44. The third kappa shape index (κ3) is 4.47. The van der Waals surface area contributed by atoms with E-state index in [0.29, 0.717) is 18.7 Å². The van der Waals surface area contributed by atoms with Gasteiger partial charge in [-0.25, -0.2) is 0 Å². The van der Waals surface area contributed by atoms with Crippen LogP contribution in [0.25, 0.3) is 0 Å². The Labute approximate surface area is 137 Å². The fourth-order valence-corrected chi connectivity index (χ4v) is 3.04. The summed E-state index contributed by atoms with van der Waals surface area (Å²) in [6.45, 7) is 2.36. The number of rotatable bonds is 5. The number of nitrogens with zero attached hydrogens (tertiary/aromatic N) is 1. The number of ether oxygens (including phenoxy) is 2. The first kappa shape index (κ1) is 18.5. The molecule has 1 aromatic rings. The topological polar surface area (TPSA) is 47.7 Å². The lowest BCUT2D eigenvalue weighted by molar-refractivity contribution is 0.0100. The minimum atomic E-state index is 0. The summed E-state index contributed by atoms with van der Waals surface area (Å²) in [6, 6.07) is 6.08. The normalized spacial score (nSPS) is 22.7. The van der Waals surface area contributed by atoms with E-state index in [0.717, 1.165) is 42.3 Å². The van der Waals surface area contributed by atoms with Crippen LogP contribution in [0.5, 0.6) is 5.75 Å². The van der Waals surface area contributed by atoms with Crippen LogP contribution in [0.3, 0.4) is 0 Å². The average molecular weight is 335 g/mol. The smallest absolute Gasteiger partial charge is 0.124 e. The van der Waals surface area contributed by atoms with Crippen LogP contribution < -0.4 is 10.5 Å². The Balaban J connectivity index is 0.00000220. The molecule has 1 aliphatic heterocycles. The van der Waals surface area contributed by atoms with Crippen LogP contribution >= 0.6 is 24.0 Å². The predicted octanol–water partition coefficient (Wildman–Crippen LogP) is 2.71. The van der Waals surface area contributed by atoms with Gasteiger partial charge in [0.1, 0.15) is 5.75 Å².